The molecule has 7 heteroatoms. The number of rotatable bonds is 6. The number of anilines is 1. The number of halogens is 1. The van der Waals surface area contributed by atoms with Crippen molar-refractivity contribution in [3.8, 4) is 11.5 Å². The van der Waals surface area contributed by atoms with Gasteiger partial charge in [-0.25, -0.2) is 0 Å². The van der Waals surface area contributed by atoms with Gasteiger partial charge in [-0.1, -0.05) is 72.0 Å². The van der Waals surface area contributed by atoms with E-state index in [9.17, 15) is 4.79 Å². The van der Waals surface area contributed by atoms with E-state index in [2.05, 4.69) is 0 Å². The minimum Gasteiger partial charge on any atom is -0.497 e. The number of hydrogen-bond acceptors (Lipinski definition) is 5. The third-order valence-corrected chi connectivity index (χ3v) is 6.34. The molecule has 31 heavy (non-hydrogen) atoms. The minimum absolute atomic E-state index is 0.166. The average molecular weight is 468 g/mol. The van der Waals surface area contributed by atoms with E-state index in [0.717, 1.165) is 11.1 Å². The van der Waals surface area contributed by atoms with Crippen molar-refractivity contribution in [3.63, 3.8) is 0 Å². The number of nitrogens with zero attached hydrogens (tertiary/aromatic N) is 1. The summed E-state index contributed by atoms with van der Waals surface area (Å²) in [7, 11) is 1.60. The van der Waals surface area contributed by atoms with Crippen molar-refractivity contribution in [2.45, 2.75) is 6.61 Å². The normalized spacial score (nSPS) is 14.9. The highest BCUT2D eigenvalue weighted by atomic mass is 35.5. The molecule has 156 valence electrons. The fourth-order valence-corrected chi connectivity index (χ4v) is 4.55. The molecule has 3 aromatic rings. The summed E-state index contributed by atoms with van der Waals surface area (Å²) in [5.74, 6) is 1.22. The van der Waals surface area contributed by atoms with Gasteiger partial charge >= 0.3 is 0 Å². The number of thioether (sulfide) groups is 1. The molecule has 0 spiro atoms. The van der Waals surface area contributed by atoms with Crippen LogP contribution in [-0.2, 0) is 11.4 Å². The summed E-state index contributed by atoms with van der Waals surface area (Å²) >= 11 is 13.0. The third-order valence-electron chi connectivity index (χ3n) is 4.67. The van der Waals surface area contributed by atoms with Gasteiger partial charge in [0.15, 0.2) is 4.32 Å². The summed E-state index contributed by atoms with van der Waals surface area (Å²) in [5, 5.41) is 0.653. The molecular weight excluding hydrogens is 450 g/mol. The van der Waals surface area contributed by atoms with Crippen molar-refractivity contribution in [2.24, 2.45) is 0 Å². The maximum atomic E-state index is 13.1. The van der Waals surface area contributed by atoms with E-state index in [-0.39, 0.29) is 5.91 Å². The number of ether oxygens (including phenoxy) is 2. The molecule has 0 radical (unpaired) electrons. The van der Waals surface area contributed by atoms with Crippen LogP contribution in [0.1, 0.15) is 11.1 Å². The first kappa shape index (κ1) is 21.4. The van der Waals surface area contributed by atoms with Crippen LogP contribution >= 0.6 is 35.6 Å². The smallest absolute Gasteiger partial charge is 0.270 e. The van der Waals surface area contributed by atoms with Crippen molar-refractivity contribution >= 4 is 57.6 Å². The van der Waals surface area contributed by atoms with Crippen molar-refractivity contribution in [3.05, 3.63) is 93.9 Å². The van der Waals surface area contributed by atoms with E-state index in [1.165, 1.54) is 16.7 Å². The van der Waals surface area contributed by atoms with Crippen LogP contribution in [0.25, 0.3) is 6.08 Å². The molecule has 3 aromatic carbocycles. The second kappa shape index (κ2) is 9.56. The summed E-state index contributed by atoms with van der Waals surface area (Å²) in [5.41, 5.74) is 2.39. The van der Waals surface area contributed by atoms with Gasteiger partial charge in [0.25, 0.3) is 5.91 Å². The van der Waals surface area contributed by atoms with Gasteiger partial charge in [0.2, 0.25) is 0 Å². The highest BCUT2D eigenvalue weighted by Crippen LogP contribution is 2.37. The van der Waals surface area contributed by atoms with Crippen molar-refractivity contribution in [2.75, 3.05) is 12.0 Å². The lowest BCUT2D eigenvalue weighted by atomic mass is 10.1. The lowest BCUT2D eigenvalue weighted by Gasteiger charge is -2.14. The minimum atomic E-state index is -0.166. The summed E-state index contributed by atoms with van der Waals surface area (Å²) in [6.07, 6.45) is 1.81. The first-order chi connectivity index (χ1) is 15.1. The van der Waals surface area contributed by atoms with E-state index in [4.69, 9.17) is 33.3 Å². The summed E-state index contributed by atoms with van der Waals surface area (Å²) in [4.78, 5) is 15.1. The molecule has 1 saturated heterocycles. The number of benzene rings is 3. The van der Waals surface area contributed by atoms with Crippen LogP contribution in [0, 0.1) is 0 Å². The Bertz CT molecular complexity index is 1160. The van der Waals surface area contributed by atoms with Gasteiger partial charge in [0.1, 0.15) is 18.1 Å². The quantitative estimate of drug-likeness (QED) is 0.312. The lowest BCUT2D eigenvalue weighted by Crippen LogP contribution is -2.27. The predicted molar refractivity (Wildman–Crippen MR) is 131 cm³/mol. The first-order valence-electron chi connectivity index (χ1n) is 9.44. The van der Waals surface area contributed by atoms with E-state index >= 15 is 0 Å². The molecule has 1 aliphatic heterocycles. The highest BCUT2D eigenvalue weighted by Gasteiger charge is 2.33. The van der Waals surface area contributed by atoms with E-state index in [0.29, 0.717) is 38.0 Å². The van der Waals surface area contributed by atoms with Gasteiger partial charge < -0.3 is 9.47 Å². The fourth-order valence-electron chi connectivity index (χ4n) is 3.07. The standard InChI is InChI=1S/C24H18ClNO3S2/c1-28-19-12-10-18(11-13-19)26-23(27)22(31-24(26)30)14-16-6-3-5-9-21(16)29-15-17-7-2-4-8-20(17)25/h2-14H,15H2,1H3/b22-14+. The molecule has 4 rings (SSSR count). The van der Waals surface area contributed by atoms with Gasteiger partial charge in [-0.2, -0.15) is 0 Å². The Morgan fingerprint density at radius 1 is 1.03 bits per heavy atom. The fraction of sp³-hybridized carbons (Fsp3) is 0.0833. The van der Waals surface area contributed by atoms with Crippen LogP contribution in [0.3, 0.4) is 0 Å². The van der Waals surface area contributed by atoms with E-state index in [1.807, 2.05) is 66.7 Å². The Kier molecular flexibility index (Phi) is 6.61. The second-order valence-electron chi connectivity index (χ2n) is 6.63. The average Bonchev–Trinajstić information content (AvgIpc) is 3.07. The Morgan fingerprint density at radius 3 is 2.48 bits per heavy atom. The monoisotopic (exact) mass is 467 g/mol. The summed E-state index contributed by atoms with van der Waals surface area (Å²) in [6, 6.07) is 22.3. The molecule has 0 bridgehead atoms. The number of carbonyl (C=O) groups excluding carboxylic acids is 1. The maximum Gasteiger partial charge on any atom is 0.270 e. The van der Waals surface area contributed by atoms with Crippen LogP contribution in [0.15, 0.2) is 77.7 Å². The van der Waals surface area contributed by atoms with Crippen LogP contribution in [0.5, 0.6) is 11.5 Å². The van der Waals surface area contributed by atoms with E-state index < -0.39 is 0 Å². The van der Waals surface area contributed by atoms with Gasteiger partial charge in [-0.3, -0.25) is 9.69 Å². The van der Waals surface area contributed by atoms with Crippen molar-refractivity contribution < 1.29 is 14.3 Å². The van der Waals surface area contributed by atoms with Crippen molar-refractivity contribution in [1.82, 2.24) is 0 Å². The molecule has 1 heterocycles. The van der Waals surface area contributed by atoms with Gasteiger partial charge in [-0.15, -0.1) is 0 Å². The SMILES string of the molecule is COc1ccc(N2C(=O)/C(=C\c3ccccc3OCc3ccccc3Cl)SC2=S)cc1. The zero-order chi connectivity index (χ0) is 21.8. The Labute approximate surface area is 195 Å². The molecule has 0 unspecified atom stereocenters. The molecule has 1 fully saturated rings. The molecule has 0 aliphatic carbocycles. The molecule has 0 aromatic heterocycles. The summed E-state index contributed by atoms with van der Waals surface area (Å²) < 4.78 is 11.7. The second-order valence-corrected chi connectivity index (χ2v) is 8.72. The Morgan fingerprint density at radius 2 is 1.74 bits per heavy atom. The largest absolute Gasteiger partial charge is 0.497 e. The zero-order valence-electron chi connectivity index (χ0n) is 16.6. The van der Waals surface area contributed by atoms with Crippen molar-refractivity contribution in [1.29, 1.82) is 0 Å². The Hall–Kier alpha value is -2.80. The molecular formula is C24H18ClNO3S2. The van der Waals surface area contributed by atoms with E-state index in [1.54, 1.807) is 19.2 Å². The molecule has 1 aliphatic rings. The number of methoxy groups -OCH3 is 1. The van der Waals surface area contributed by atoms with Gasteiger partial charge in [-0.05, 0) is 42.5 Å². The topological polar surface area (TPSA) is 38.8 Å². The Balaban J connectivity index is 1.56. The van der Waals surface area contributed by atoms with Gasteiger partial charge in [0, 0.05) is 16.1 Å². The van der Waals surface area contributed by atoms with Crippen LogP contribution < -0.4 is 14.4 Å². The summed E-state index contributed by atoms with van der Waals surface area (Å²) in [6.45, 7) is 0.331. The number of thiocarbonyl (C=S) groups is 1. The molecule has 4 nitrogen and oxygen atoms in total. The highest BCUT2D eigenvalue weighted by molar-refractivity contribution is 8.27. The number of carbonyl (C=O) groups is 1. The lowest BCUT2D eigenvalue weighted by molar-refractivity contribution is -0.113. The number of para-hydroxylation sites is 1. The van der Waals surface area contributed by atoms with Crippen LogP contribution in [0.4, 0.5) is 5.69 Å². The predicted octanol–water partition coefficient (Wildman–Crippen LogP) is 6.33. The zero-order valence-corrected chi connectivity index (χ0v) is 19.0. The third kappa shape index (κ3) is 4.77. The molecule has 1 amide bonds. The van der Waals surface area contributed by atoms with Crippen LogP contribution in [-0.4, -0.2) is 17.3 Å². The maximum absolute atomic E-state index is 13.1. The molecule has 0 atom stereocenters. The molecule has 0 saturated carbocycles. The first-order valence-corrected chi connectivity index (χ1v) is 11.0. The van der Waals surface area contributed by atoms with Gasteiger partial charge in [0.05, 0.1) is 17.7 Å². The number of amides is 1. The number of hydrogen-bond donors (Lipinski definition) is 0. The molecule has 0 N–H and O–H groups in total. The van der Waals surface area contributed by atoms with Crippen LogP contribution in [0.2, 0.25) is 5.02 Å².